The van der Waals surface area contributed by atoms with Gasteiger partial charge in [-0.25, -0.2) is 0 Å². The maximum Gasteiger partial charge on any atom is 0.416 e. The topological polar surface area (TPSA) is 53.1 Å². The standard InChI is InChI=1S/C29H36F3N3O3/c1-20-21(2)26(38-19-5-14-34-13-4-6-27(34)36)12-11-25(20)22(3)33-15-17-35(18-16-33)28(37)23-7-9-24(10-8-23)29(30,31)32/h7-12,22H,4-6,13-19H2,1-3H3/t22-/m1/s1. The first kappa shape index (κ1) is 28.0. The first-order valence-corrected chi connectivity index (χ1v) is 13.3. The number of alkyl halides is 3. The summed E-state index contributed by atoms with van der Waals surface area (Å²) in [5.74, 6) is 0.854. The molecule has 0 spiro atoms. The normalized spacial score (nSPS) is 17.7. The van der Waals surface area contributed by atoms with Crippen LogP contribution in [0.3, 0.4) is 0 Å². The van der Waals surface area contributed by atoms with Crippen molar-refractivity contribution in [3.8, 4) is 5.75 Å². The lowest BCUT2D eigenvalue weighted by atomic mass is 9.96. The molecule has 38 heavy (non-hydrogen) atoms. The molecule has 9 heteroatoms. The Labute approximate surface area is 222 Å². The number of hydrogen-bond donors (Lipinski definition) is 0. The molecule has 0 radical (unpaired) electrons. The number of carbonyl (C=O) groups is 2. The molecule has 2 fully saturated rings. The van der Waals surface area contributed by atoms with Gasteiger partial charge in [-0.3, -0.25) is 14.5 Å². The molecular formula is C29H36F3N3O3. The minimum Gasteiger partial charge on any atom is -0.493 e. The molecule has 0 bridgehead atoms. The van der Waals surface area contributed by atoms with Gasteiger partial charge in [0.25, 0.3) is 5.91 Å². The summed E-state index contributed by atoms with van der Waals surface area (Å²) in [7, 11) is 0. The number of likely N-dealkylation sites (tertiary alicyclic amines) is 1. The Balaban J connectivity index is 1.29. The highest BCUT2D eigenvalue weighted by Gasteiger charge is 2.31. The maximum absolute atomic E-state index is 12.8. The van der Waals surface area contributed by atoms with E-state index in [0.29, 0.717) is 39.2 Å². The Morgan fingerprint density at radius 2 is 1.66 bits per heavy atom. The van der Waals surface area contributed by atoms with E-state index in [-0.39, 0.29) is 23.4 Å². The molecule has 2 heterocycles. The molecule has 2 aromatic carbocycles. The highest BCUT2D eigenvalue weighted by Crippen LogP contribution is 2.32. The van der Waals surface area contributed by atoms with Crippen LogP contribution >= 0.6 is 0 Å². The van der Waals surface area contributed by atoms with Crippen LogP contribution in [0.1, 0.15) is 64.8 Å². The lowest BCUT2D eigenvalue weighted by molar-refractivity contribution is -0.137. The lowest BCUT2D eigenvalue weighted by Gasteiger charge is -2.39. The highest BCUT2D eigenvalue weighted by atomic mass is 19.4. The fraction of sp³-hybridized carbons (Fsp3) is 0.517. The van der Waals surface area contributed by atoms with E-state index in [9.17, 15) is 22.8 Å². The van der Waals surface area contributed by atoms with Crippen LogP contribution in [0.2, 0.25) is 0 Å². The van der Waals surface area contributed by atoms with Crippen LogP contribution in [-0.2, 0) is 11.0 Å². The number of carbonyl (C=O) groups excluding carboxylic acids is 2. The SMILES string of the molecule is Cc1c(OCCCN2CCCC2=O)ccc([C@@H](C)N2CCN(C(=O)c3ccc(C(F)(F)F)cc3)CC2)c1C. The third-order valence-electron chi connectivity index (χ3n) is 7.84. The molecule has 206 valence electrons. The van der Waals surface area contributed by atoms with Crippen molar-refractivity contribution >= 4 is 11.8 Å². The first-order valence-electron chi connectivity index (χ1n) is 13.3. The van der Waals surface area contributed by atoms with Crippen molar-refractivity contribution in [1.29, 1.82) is 0 Å². The Morgan fingerprint density at radius 1 is 0.974 bits per heavy atom. The monoisotopic (exact) mass is 531 g/mol. The number of nitrogens with zero attached hydrogens (tertiary/aromatic N) is 3. The summed E-state index contributed by atoms with van der Waals surface area (Å²) >= 11 is 0. The van der Waals surface area contributed by atoms with E-state index in [1.807, 2.05) is 11.0 Å². The van der Waals surface area contributed by atoms with E-state index >= 15 is 0 Å². The number of amides is 2. The molecule has 2 aliphatic heterocycles. The average Bonchev–Trinajstić information content (AvgIpc) is 3.32. The second-order valence-corrected chi connectivity index (χ2v) is 10.2. The van der Waals surface area contributed by atoms with Gasteiger partial charge in [0, 0.05) is 57.3 Å². The number of rotatable bonds is 8. The molecule has 0 aromatic heterocycles. The van der Waals surface area contributed by atoms with Crippen LogP contribution in [0.15, 0.2) is 36.4 Å². The Morgan fingerprint density at radius 3 is 2.26 bits per heavy atom. The van der Waals surface area contributed by atoms with E-state index < -0.39 is 11.7 Å². The van der Waals surface area contributed by atoms with Crippen molar-refractivity contribution in [3.05, 3.63) is 64.2 Å². The Kier molecular flexibility index (Phi) is 8.65. The Bertz CT molecular complexity index is 1140. The van der Waals surface area contributed by atoms with Crippen LogP contribution in [0.4, 0.5) is 13.2 Å². The van der Waals surface area contributed by atoms with Crippen LogP contribution in [0, 0.1) is 13.8 Å². The number of benzene rings is 2. The molecule has 2 aromatic rings. The maximum atomic E-state index is 12.8. The van der Waals surface area contributed by atoms with Gasteiger partial charge >= 0.3 is 6.18 Å². The second kappa shape index (κ2) is 11.8. The molecule has 0 aliphatic carbocycles. The number of piperazine rings is 1. The summed E-state index contributed by atoms with van der Waals surface area (Å²) in [4.78, 5) is 30.5. The van der Waals surface area contributed by atoms with E-state index in [0.717, 1.165) is 49.4 Å². The molecule has 6 nitrogen and oxygen atoms in total. The molecule has 1 atom stereocenters. The fourth-order valence-electron chi connectivity index (χ4n) is 5.30. The predicted molar refractivity (Wildman–Crippen MR) is 139 cm³/mol. The van der Waals surface area contributed by atoms with Crippen molar-refractivity contribution in [2.24, 2.45) is 0 Å². The summed E-state index contributed by atoms with van der Waals surface area (Å²) in [5, 5.41) is 0. The zero-order valence-corrected chi connectivity index (χ0v) is 22.3. The van der Waals surface area contributed by atoms with Crippen LogP contribution in [0.25, 0.3) is 0 Å². The zero-order chi connectivity index (χ0) is 27.4. The number of hydrogen-bond acceptors (Lipinski definition) is 4. The second-order valence-electron chi connectivity index (χ2n) is 10.2. The number of halogens is 3. The zero-order valence-electron chi connectivity index (χ0n) is 22.3. The third kappa shape index (κ3) is 6.31. The van der Waals surface area contributed by atoms with Gasteiger partial charge in [-0.05, 0) is 80.6 Å². The van der Waals surface area contributed by atoms with E-state index in [1.165, 1.54) is 23.3 Å². The van der Waals surface area contributed by atoms with E-state index in [1.54, 1.807) is 4.90 Å². The van der Waals surface area contributed by atoms with Gasteiger partial charge in [0.05, 0.1) is 12.2 Å². The van der Waals surface area contributed by atoms with Crippen molar-refractivity contribution in [2.45, 2.75) is 52.3 Å². The molecule has 0 unspecified atom stereocenters. The average molecular weight is 532 g/mol. The van der Waals surface area contributed by atoms with Gasteiger partial charge in [-0.1, -0.05) is 6.07 Å². The van der Waals surface area contributed by atoms with Crippen LogP contribution in [0.5, 0.6) is 5.75 Å². The minimum atomic E-state index is -4.42. The summed E-state index contributed by atoms with van der Waals surface area (Å²) in [5.41, 5.74) is 3.00. The molecular weight excluding hydrogens is 495 g/mol. The van der Waals surface area contributed by atoms with Crippen molar-refractivity contribution in [1.82, 2.24) is 14.7 Å². The van der Waals surface area contributed by atoms with Gasteiger partial charge in [-0.2, -0.15) is 13.2 Å². The van der Waals surface area contributed by atoms with Gasteiger partial charge in [0.15, 0.2) is 0 Å². The highest BCUT2D eigenvalue weighted by molar-refractivity contribution is 5.94. The summed E-state index contributed by atoms with van der Waals surface area (Å²) in [6.45, 7) is 10.9. The molecule has 4 rings (SSSR count). The van der Waals surface area contributed by atoms with Crippen LogP contribution in [-0.4, -0.2) is 72.4 Å². The third-order valence-corrected chi connectivity index (χ3v) is 7.84. The molecule has 0 N–H and O–H groups in total. The first-order chi connectivity index (χ1) is 18.1. The van der Waals surface area contributed by atoms with Gasteiger partial charge in [-0.15, -0.1) is 0 Å². The molecule has 2 amide bonds. The largest absolute Gasteiger partial charge is 0.493 e. The summed E-state index contributed by atoms with van der Waals surface area (Å²) in [6.07, 6.45) is -2.01. The smallest absolute Gasteiger partial charge is 0.416 e. The van der Waals surface area contributed by atoms with E-state index in [4.69, 9.17) is 4.74 Å². The fourth-order valence-corrected chi connectivity index (χ4v) is 5.30. The van der Waals surface area contributed by atoms with E-state index in [2.05, 4.69) is 31.7 Å². The minimum absolute atomic E-state index is 0.146. The van der Waals surface area contributed by atoms with Crippen molar-refractivity contribution in [3.63, 3.8) is 0 Å². The lowest BCUT2D eigenvalue weighted by Crippen LogP contribution is -2.49. The van der Waals surface area contributed by atoms with Crippen molar-refractivity contribution in [2.75, 3.05) is 45.9 Å². The summed E-state index contributed by atoms with van der Waals surface area (Å²) < 4.78 is 44.5. The molecule has 0 saturated carbocycles. The van der Waals surface area contributed by atoms with Crippen molar-refractivity contribution < 1.29 is 27.5 Å². The van der Waals surface area contributed by atoms with Gasteiger partial charge in [0.1, 0.15) is 5.75 Å². The number of ether oxygens (including phenoxy) is 1. The van der Waals surface area contributed by atoms with Gasteiger partial charge < -0.3 is 14.5 Å². The van der Waals surface area contributed by atoms with Gasteiger partial charge in [0.2, 0.25) is 5.91 Å². The van der Waals surface area contributed by atoms with Crippen LogP contribution < -0.4 is 4.74 Å². The summed E-state index contributed by atoms with van der Waals surface area (Å²) in [6, 6.07) is 8.68. The predicted octanol–water partition coefficient (Wildman–Crippen LogP) is 5.23. The Hall–Kier alpha value is -3.07. The molecule has 2 saturated heterocycles. The molecule has 2 aliphatic rings. The quantitative estimate of drug-likeness (QED) is 0.438.